The van der Waals surface area contributed by atoms with Gasteiger partial charge in [-0.1, -0.05) is 43.6 Å². The number of amides is 2. The van der Waals surface area contributed by atoms with E-state index in [2.05, 4.69) is 5.32 Å². The van der Waals surface area contributed by atoms with Crippen LogP contribution in [-0.2, 0) is 28.6 Å². The Morgan fingerprint density at radius 3 is 2.38 bits per heavy atom. The van der Waals surface area contributed by atoms with Gasteiger partial charge in [0.25, 0.3) is 5.91 Å². The molecule has 1 heterocycles. The van der Waals surface area contributed by atoms with Crippen LogP contribution in [0.4, 0.5) is 11.4 Å². The number of carbonyl (C=O) groups excluding carboxylic acids is 4. The van der Waals surface area contributed by atoms with Crippen LogP contribution in [0.2, 0.25) is 5.02 Å². The number of hydrogen-bond acceptors (Lipinski definition) is 9. The van der Waals surface area contributed by atoms with Crippen LogP contribution < -0.4 is 19.7 Å². The number of benzene rings is 3. The molecule has 0 saturated heterocycles. The van der Waals surface area contributed by atoms with E-state index in [4.69, 9.17) is 35.3 Å². The Kier molecular flexibility index (Phi) is 11.2. The van der Waals surface area contributed by atoms with Crippen LogP contribution in [0.25, 0.3) is 0 Å². The molecule has 1 aliphatic heterocycles. The molecule has 1 N–H and O–H groups in total. The lowest BCUT2D eigenvalue weighted by molar-refractivity contribution is -0.144. The van der Waals surface area contributed by atoms with Crippen molar-refractivity contribution in [2.75, 3.05) is 44.7 Å². The molecular weight excluding hydrogens is 628 g/mol. The van der Waals surface area contributed by atoms with Crippen LogP contribution in [0.3, 0.4) is 0 Å². The van der Waals surface area contributed by atoms with E-state index >= 15 is 0 Å². The molecular formula is C35H39ClN2O9. The number of nitrogens with zero attached hydrogens (tertiary/aromatic N) is 1. The number of ether oxygens (including phenoxy) is 5. The van der Waals surface area contributed by atoms with Crippen molar-refractivity contribution < 1.29 is 42.9 Å². The maximum Gasteiger partial charge on any atom is 0.338 e. The van der Waals surface area contributed by atoms with Gasteiger partial charge in [-0.05, 0) is 48.9 Å². The fourth-order valence-electron chi connectivity index (χ4n) is 5.47. The molecule has 4 rings (SSSR count). The van der Waals surface area contributed by atoms with Gasteiger partial charge < -0.3 is 33.9 Å². The summed E-state index contributed by atoms with van der Waals surface area (Å²) in [5, 5.41) is 3.22. The third kappa shape index (κ3) is 8.04. The Hall–Kier alpha value is -4.61. The van der Waals surface area contributed by atoms with Crippen LogP contribution in [0.1, 0.15) is 60.3 Å². The minimum Gasteiger partial charge on any atom is -0.493 e. The van der Waals surface area contributed by atoms with E-state index < -0.39 is 41.4 Å². The molecule has 0 spiro atoms. The van der Waals surface area contributed by atoms with E-state index in [1.54, 1.807) is 66.4 Å². The van der Waals surface area contributed by atoms with E-state index in [-0.39, 0.29) is 19.6 Å². The highest BCUT2D eigenvalue weighted by atomic mass is 35.5. The monoisotopic (exact) mass is 666 g/mol. The highest BCUT2D eigenvalue weighted by molar-refractivity contribution is 6.30. The first-order valence-corrected chi connectivity index (χ1v) is 15.3. The lowest BCUT2D eigenvalue weighted by atomic mass is 9.92. The van der Waals surface area contributed by atoms with Gasteiger partial charge in [0.05, 0.1) is 39.9 Å². The molecule has 12 heteroatoms. The van der Waals surface area contributed by atoms with Crippen LogP contribution in [0.5, 0.6) is 11.5 Å². The van der Waals surface area contributed by atoms with Gasteiger partial charge in [0.1, 0.15) is 12.2 Å². The number of esters is 2. The second-order valence-electron chi connectivity index (χ2n) is 11.9. The fourth-order valence-corrected chi connectivity index (χ4v) is 5.65. The average Bonchev–Trinajstić information content (AvgIpc) is 3.14. The Morgan fingerprint density at radius 1 is 1.00 bits per heavy atom. The Labute approximate surface area is 279 Å². The van der Waals surface area contributed by atoms with Crippen molar-refractivity contribution in [3.8, 4) is 11.5 Å². The van der Waals surface area contributed by atoms with Gasteiger partial charge in [-0.25, -0.2) is 4.79 Å². The summed E-state index contributed by atoms with van der Waals surface area (Å²) in [6, 6.07) is 15.3. The summed E-state index contributed by atoms with van der Waals surface area (Å²) < 4.78 is 28.0. The molecule has 2 atom stereocenters. The molecule has 11 nitrogen and oxygen atoms in total. The predicted octanol–water partition coefficient (Wildman–Crippen LogP) is 5.89. The molecule has 0 saturated carbocycles. The Morgan fingerprint density at radius 2 is 1.72 bits per heavy atom. The van der Waals surface area contributed by atoms with Gasteiger partial charge in [-0.15, -0.1) is 0 Å². The average molecular weight is 667 g/mol. The number of hydrogen-bond donors (Lipinski definition) is 1. The molecule has 0 radical (unpaired) electrons. The van der Waals surface area contributed by atoms with E-state index in [0.717, 1.165) is 0 Å². The smallest absolute Gasteiger partial charge is 0.338 e. The summed E-state index contributed by atoms with van der Waals surface area (Å²) in [7, 11) is 4.29. The maximum absolute atomic E-state index is 14.5. The number of halogens is 1. The van der Waals surface area contributed by atoms with Gasteiger partial charge in [-0.3, -0.25) is 14.4 Å². The SMILES string of the molecule is COC(=O)c1cccc(NC(=O)C[C@H]2O[C@H](c3cccc(OC)c3OC)c3cc(Cl)ccc3N(CC(C)(C)COC(C)=O)C2=O)c1C. The lowest BCUT2D eigenvalue weighted by Gasteiger charge is -2.33. The number of carbonyl (C=O) groups is 4. The number of anilines is 2. The van der Waals surface area contributed by atoms with E-state index in [1.807, 2.05) is 13.8 Å². The number of rotatable bonds is 11. The molecule has 3 aromatic rings. The standard InChI is InChI=1S/C35H39ClN2O9/c1-20-23(34(42)45-7)10-8-12-26(20)37-30(40)17-29-33(41)38(18-35(3,4)19-46-21(2)39)27-15-14-22(36)16-25(27)31(47-29)24-11-9-13-28(43-5)32(24)44-6/h8-16,29,31H,17-19H2,1-7H3,(H,37,40)/t29-,31-/m1/s1. The number of methoxy groups -OCH3 is 3. The second kappa shape index (κ2) is 14.9. The van der Waals surface area contributed by atoms with Crippen LogP contribution in [-0.4, -0.2) is 64.3 Å². The van der Waals surface area contributed by atoms with E-state index in [9.17, 15) is 19.2 Å². The zero-order valence-corrected chi connectivity index (χ0v) is 28.2. The zero-order valence-electron chi connectivity index (χ0n) is 27.5. The summed E-state index contributed by atoms with van der Waals surface area (Å²) >= 11 is 6.52. The summed E-state index contributed by atoms with van der Waals surface area (Å²) in [4.78, 5) is 53.5. The highest BCUT2D eigenvalue weighted by Crippen LogP contribution is 2.45. The lowest BCUT2D eigenvalue weighted by Crippen LogP contribution is -2.46. The quantitative estimate of drug-likeness (QED) is 0.249. The summed E-state index contributed by atoms with van der Waals surface area (Å²) in [6.07, 6.45) is -2.57. The first-order chi connectivity index (χ1) is 22.3. The number of para-hydroxylation sites is 1. The number of fused-ring (bicyclic) bond motifs is 1. The third-order valence-electron chi connectivity index (χ3n) is 7.76. The summed E-state index contributed by atoms with van der Waals surface area (Å²) in [5.41, 5.74) is 2.13. The molecule has 0 aliphatic carbocycles. The highest BCUT2D eigenvalue weighted by Gasteiger charge is 2.41. The van der Waals surface area contributed by atoms with Crippen molar-refractivity contribution in [1.82, 2.24) is 0 Å². The molecule has 0 unspecified atom stereocenters. The van der Waals surface area contributed by atoms with Gasteiger partial charge in [0, 0.05) is 46.4 Å². The predicted molar refractivity (Wildman–Crippen MR) is 176 cm³/mol. The zero-order chi connectivity index (χ0) is 34.5. The number of nitrogens with one attached hydrogen (secondary N) is 1. The van der Waals surface area contributed by atoms with Gasteiger partial charge in [-0.2, -0.15) is 0 Å². The van der Waals surface area contributed by atoms with Crippen LogP contribution >= 0.6 is 11.6 Å². The van der Waals surface area contributed by atoms with Crippen molar-refractivity contribution >= 4 is 46.7 Å². The molecule has 0 fully saturated rings. The first-order valence-electron chi connectivity index (χ1n) is 14.9. The van der Waals surface area contributed by atoms with Gasteiger partial charge >= 0.3 is 11.9 Å². The maximum atomic E-state index is 14.5. The van der Waals surface area contributed by atoms with Crippen molar-refractivity contribution in [2.24, 2.45) is 5.41 Å². The van der Waals surface area contributed by atoms with E-state index in [0.29, 0.717) is 50.2 Å². The minimum atomic E-state index is -1.28. The molecule has 0 bridgehead atoms. The van der Waals surface area contributed by atoms with Crippen molar-refractivity contribution in [2.45, 2.75) is 46.3 Å². The third-order valence-corrected chi connectivity index (χ3v) is 7.99. The summed E-state index contributed by atoms with van der Waals surface area (Å²) in [6.45, 7) is 6.91. The second-order valence-corrected chi connectivity index (χ2v) is 12.3. The van der Waals surface area contributed by atoms with Crippen molar-refractivity contribution in [3.05, 3.63) is 81.9 Å². The molecule has 250 valence electrons. The first kappa shape index (κ1) is 35.2. The van der Waals surface area contributed by atoms with E-state index in [1.165, 1.54) is 28.3 Å². The van der Waals surface area contributed by atoms with Gasteiger partial charge in [0.15, 0.2) is 11.5 Å². The Bertz CT molecular complexity index is 1670. The van der Waals surface area contributed by atoms with Crippen LogP contribution in [0, 0.1) is 12.3 Å². The van der Waals surface area contributed by atoms with Crippen LogP contribution in [0.15, 0.2) is 54.6 Å². The minimum absolute atomic E-state index is 0.0456. The van der Waals surface area contributed by atoms with Crippen molar-refractivity contribution in [1.29, 1.82) is 0 Å². The topological polar surface area (TPSA) is 130 Å². The molecule has 2 amide bonds. The summed E-state index contributed by atoms with van der Waals surface area (Å²) in [5.74, 6) is -1.15. The molecule has 0 aromatic heterocycles. The fraction of sp³-hybridized carbons (Fsp3) is 0.371. The Balaban J connectivity index is 1.81. The molecule has 47 heavy (non-hydrogen) atoms. The largest absolute Gasteiger partial charge is 0.493 e. The molecule has 3 aromatic carbocycles. The normalized spacial score (nSPS) is 16.1. The van der Waals surface area contributed by atoms with Gasteiger partial charge in [0.2, 0.25) is 5.91 Å². The van der Waals surface area contributed by atoms with Crippen molar-refractivity contribution in [3.63, 3.8) is 0 Å². The molecule has 1 aliphatic rings.